The Labute approximate surface area is 191 Å². The molecule has 2 heterocycles. The number of ether oxygens (including phenoxy) is 1. The number of pyridine rings is 1. The predicted molar refractivity (Wildman–Crippen MR) is 128 cm³/mol. The third-order valence-corrected chi connectivity index (χ3v) is 5.59. The van der Waals surface area contributed by atoms with Crippen molar-refractivity contribution in [3.63, 3.8) is 0 Å². The van der Waals surface area contributed by atoms with Crippen LogP contribution in [0.15, 0.2) is 97.6 Å². The van der Waals surface area contributed by atoms with Crippen LogP contribution in [-0.4, -0.2) is 27.8 Å². The van der Waals surface area contributed by atoms with Crippen molar-refractivity contribution < 1.29 is 9.53 Å². The number of carbonyl (C=O) groups excluding carboxylic acids is 1. The van der Waals surface area contributed by atoms with Gasteiger partial charge >= 0.3 is 0 Å². The van der Waals surface area contributed by atoms with Crippen molar-refractivity contribution >= 4 is 16.7 Å². The van der Waals surface area contributed by atoms with Gasteiger partial charge in [-0.1, -0.05) is 42.5 Å². The average molecular weight is 434 g/mol. The quantitative estimate of drug-likeness (QED) is 0.407. The van der Waals surface area contributed by atoms with Crippen molar-refractivity contribution in [3.05, 3.63) is 109 Å². The molecule has 1 N–H and O–H groups in total. The normalized spacial score (nSPS) is 10.8. The van der Waals surface area contributed by atoms with Crippen LogP contribution in [0, 0.1) is 0 Å². The van der Waals surface area contributed by atoms with Gasteiger partial charge in [-0.05, 0) is 52.4 Å². The molecule has 6 nitrogen and oxygen atoms in total. The number of amides is 1. The number of rotatable bonds is 6. The molecule has 0 unspecified atom stereocenters. The lowest BCUT2D eigenvalue weighted by molar-refractivity contribution is 0.0951. The van der Waals surface area contributed by atoms with Gasteiger partial charge in [0.15, 0.2) is 0 Å². The van der Waals surface area contributed by atoms with Crippen LogP contribution >= 0.6 is 0 Å². The molecule has 0 saturated heterocycles. The summed E-state index contributed by atoms with van der Waals surface area (Å²) in [6.45, 7) is 0.385. The monoisotopic (exact) mass is 434 g/mol. The number of nitrogens with zero attached hydrogens (tertiary/aromatic N) is 3. The fourth-order valence-electron chi connectivity index (χ4n) is 3.88. The SMILES string of the molecule is COc1cccc(-c2ccc(CNC(=O)c3cnn(-c4ccccc4)c3)c3cnccc23)c1. The van der Waals surface area contributed by atoms with Gasteiger partial charge < -0.3 is 10.1 Å². The van der Waals surface area contributed by atoms with Crippen LogP contribution in [-0.2, 0) is 6.54 Å². The zero-order valence-electron chi connectivity index (χ0n) is 18.1. The molecule has 0 spiro atoms. The first-order chi connectivity index (χ1) is 16.2. The Morgan fingerprint density at radius 1 is 0.970 bits per heavy atom. The van der Waals surface area contributed by atoms with E-state index in [4.69, 9.17) is 4.74 Å². The third kappa shape index (κ3) is 4.19. The Morgan fingerprint density at radius 2 is 1.85 bits per heavy atom. The van der Waals surface area contributed by atoms with Gasteiger partial charge in [-0.15, -0.1) is 0 Å². The molecule has 0 aliphatic rings. The zero-order valence-corrected chi connectivity index (χ0v) is 18.1. The summed E-state index contributed by atoms with van der Waals surface area (Å²) < 4.78 is 7.07. The topological polar surface area (TPSA) is 69.0 Å². The molecule has 1 amide bonds. The van der Waals surface area contributed by atoms with Crippen molar-refractivity contribution in [3.8, 4) is 22.6 Å². The van der Waals surface area contributed by atoms with E-state index < -0.39 is 0 Å². The lowest BCUT2D eigenvalue weighted by Gasteiger charge is -2.12. The molecule has 2 aromatic heterocycles. The Hall–Kier alpha value is -4.45. The Morgan fingerprint density at radius 3 is 2.70 bits per heavy atom. The highest BCUT2D eigenvalue weighted by Gasteiger charge is 2.12. The Kier molecular flexibility index (Phi) is 5.55. The summed E-state index contributed by atoms with van der Waals surface area (Å²) in [6.07, 6.45) is 6.93. The summed E-state index contributed by atoms with van der Waals surface area (Å²) in [6, 6.07) is 23.8. The van der Waals surface area contributed by atoms with Gasteiger partial charge in [0, 0.05) is 30.5 Å². The van der Waals surface area contributed by atoms with Crippen LogP contribution in [0.3, 0.4) is 0 Å². The number of para-hydroxylation sites is 1. The first-order valence-corrected chi connectivity index (χ1v) is 10.6. The molecule has 0 aliphatic carbocycles. The molecule has 0 fully saturated rings. The van der Waals surface area contributed by atoms with E-state index in [-0.39, 0.29) is 5.91 Å². The van der Waals surface area contributed by atoms with E-state index in [1.807, 2.05) is 66.9 Å². The summed E-state index contributed by atoms with van der Waals surface area (Å²) >= 11 is 0. The van der Waals surface area contributed by atoms with Gasteiger partial charge in [-0.2, -0.15) is 5.10 Å². The maximum absolute atomic E-state index is 12.8. The first-order valence-electron chi connectivity index (χ1n) is 10.6. The number of fused-ring (bicyclic) bond motifs is 1. The van der Waals surface area contributed by atoms with E-state index in [0.29, 0.717) is 12.1 Å². The van der Waals surface area contributed by atoms with Gasteiger partial charge in [0.25, 0.3) is 5.91 Å². The number of nitrogens with one attached hydrogen (secondary N) is 1. The highest BCUT2D eigenvalue weighted by atomic mass is 16.5. The average Bonchev–Trinajstić information content (AvgIpc) is 3.38. The van der Waals surface area contributed by atoms with E-state index in [1.54, 1.807) is 30.4 Å². The standard InChI is InChI=1S/C27H22N4O2/c1-33-23-9-5-6-19(14-23)24-11-10-20(26-17-28-13-12-25(24)26)15-29-27(32)21-16-30-31(18-21)22-7-3-2-4-8-22/h2-14,16-18H,15H2,1H3,(H,29,32). The Bertz CT molecular complexity index is 1430. The van der Waals surface area contributed by atoms with E-state index >= 15 is 0 Å². The second kappa shape index (κ2) is 8.96. The lowest BCUT2D eigenvalue weighted by atomic mass is 9.96. The predicted octanol–water partition coefficient (Wildman–Crippen LogP) is 5.03. The minimum Gasteiger partial charge on any atom is -0.497 e. The lowest BCUT2D eigenvalue weighted by Crippen LogP contribution is -2.22. The van der Waals surface area contributed by atoms with Crippen LogP contribution in [0.2, 0.25) is 0 Å². The number of benzene rings is 3. The number of aromatic nitrogens is 3. The third-order valence-electron chi connectivity index (χ3n) is 5.59. The highest BCUT2D eigenvalue weighted by Crippen LogP contribution is 2.32. The van der Waals surface area contributed by atoms with Crippen LogP contribution < -0.4 is 10.1 Å². The summed E-state index contributed by atoms with van der Waals surface area (Å²) in [5.41, 5.74) is 4.56. The second-order valence-corrected chi connectivity index (χ2v) is 7.62. The molecule has 33 heavy (non-hydrogen) atoms. The summed E-state index contributed by atoms with van der Waals surface area (Å²) in [4.78, 5) is 17.1. The van der Waals surface area contributed by atoms with Gasteiger partial charge in [0.05, 0.1) is 24.6 Å². The first kappa shape index (κ1) is 20.5. The van der Waals surface area contributed by atoms with Crippen LogP contribution in [0.4, 0.5) is 0 Å². The number of carbonyl (C=O) groups is 1. The summed E-state index contributed by atoms with van der Waals surface area (Å²) in [5, 5.41) is 9.39. The fraction of sp³-hybridized carbons (Fsp3) is 0.0741. The maximum Gasteiger partial charge on any atom is 0.254 e. The molecule has 0 aliphatic heterocycles. The molecular weight excluding hydrogens is 412 g/mol. The molecule has 0 atom stereocenters. The molecule has 0 saturated carbocycles. The van der Waals surface area contributed by atoms with Crippen molar-refractivity contribution in [2.75, 3.05) is 7.11 Å². The van der Waals surface area contributed by atoms with Crippen molar-refractivity contribution in [2.45, 2.75) is 6.54 Å². The van der Waals surface area contributed by atoms with Gasteiger partial charge in [0.2, 0.25) is 0 Å². The minimum atomic E-state index is -0.175. The van der Waals surface area contributed by atoms with Gasteiger partial charge in [-0.3, -0.25) is 9.78 Å². The van der Waals surface area contributed by atoms with Crippen molar-refractivity contribution in [2.24, 2.45) is 0 Å². The smallest absolute Gasteiger partial charge is 0.254 e. The Balaban J connectivity index is 1.39. The largest absolute Gasteiger partial charge is 0.497 e. The van der Waals surface area contributed by atoms with Crippen LogP contribution in [0.1, 0.15) is 15.9 Å². The summed E-state index contributed by atoms with van der Waals surface area (Å²) in [5.74, 6) is 0.633. The van der Waals surface area contributed by atoms with Crippen LogP contribution in [0.25, 0.3) is 27.6 Å². The number of hydrogen-bond donors (Lipinski definition) is 1. The molecular formula is C27H22N4O2. The molecule has 6 heteroatoms. The van der Waals surface area contributed by atoms with E-state index in [9.17, 15) is 4.79 Å². The van der Waals surface area contributed by atoms with E-state index in [1.165, 1.54) is 0 Å². The maximum atomic E-state index is 12.8. The number of hydrogen-bond acceptors (Lipinski definition) is 4. The van der Waals surface area contributed by atoms with Gasteiger partial charge in [0.1, 0.15) is 5.75 Å². The number of methoxy groups -OCH3 is 1. The fourth-order valence-corrected chi connectivity index (χ4v) is 3.88. The van der Waals surface area contributed by atoms with Crippen molar-refractivity contribution in [1.82, 2.24) is 20.1 Å². The zero-order chi connectivity index (χ0) is 22.6. The molecule has 5 aromatic rings. The minimum absolute atomic E-state index is 0.175. The summed E-state index contributed by atoms with van der Waals surface area (Å²) in [7, 11) is 1.66. The molecule has 5 rings (SSSR count). The second-order valence-electron chi connectivity index (χ2n) is 7.62. The molecule has 0 radical (unpaired) electrons. The molecule has 0 bridgehead atoms. The van der Waals surface area contributed by atoms with Gasteiger partial charge in [-0.25, -0.2) is 4.68 Å². The van der Waals surface area contributed by atoms with Crippen LogP contribution in [0.5, 0.6) is 5.75 Å². The van der Waals surface area contributed by atoms with E-state index in [0.717, 1.165) is 38.9 Å². The molecule has 3 aromatic carbocycles. The van der Waals surface area contributed by atoms with E-state index in [2.05, 4.69) is 27.5 Å². The molecule has 162 valence electrons. The van der Waals surface area contributed by atoms with Crippen molar-refractivity contribution in [1.29, 1.82) is 0 Å². The highest BCUT2D eigenvalue weighted by molar-refractivity contribution is 5.99.